The number of hydrogen-bond donors (Lipinski definition) is 1. The lowest BCUT2D eigenvalue weighted by Crippen LogP contribution is -2.59. The maximum absolute atomic E-state index is 11.1. The Balaban J connectivity index is 2.86. The van der Waals surface area contributed by atoms with Crippen molar-refractivity contribution in [2.24, 2.45) is 0 Å². The minimum Gasteiger partial charge on any atom is -0.463 e. The van der Waals surface area contributed by atoms with Crippen molar-refractivity contribution in [3.8, 4) is 0 Å². The molecule has 1 rings (SSSR count). The van der Waals surface area contributed by atoms with Gasteiger partial charge in [-0.3, -0.25) is 14.4 Å². The molecule has 1 saturated heterocycles. The first kappa shape index (κ1) is 17.7. The van der Waals surface area contributed by atoms with Crippen molar-refractivity contribution in [3.05, 3.63) is 0 Å². The predicted molar refractivity (Wildman–Crippen MR) is 68.3 cm³/mol. The zero-order chi connectivity index (χ0) is 16.2. The number of carbonyl (C=O) groups is 3. The molecule has 0 unspecified atom stereocenters. The van der Waals surface area contributed by atoms with E-state index in [9.17, 15) is 19.5 Å². The van der Waals surface area contributed by atoms with Crippen LogP contribution >= 0.6 is 11.6 Å². The molecule has 120 valence electrons. The van der Waals surface area contributed by atoms with Crippen LogP contribution in [0.2, 0.25) is 0 Å². The van der Waals surface area contributed by atoms with Crippen molar-refractivity contribution >= 4 is 29.5 Å². The lowest BCUT2D eigenvalue weighted by atomic mass is 10.0. The van der Waals surface area contributed by atoms with Crippen LogP contribution in [0.5, 0.6) is 0 Å². The quantitative estimate of drug-likeness (QED) is 0.428. The Labute approximate surface area is 126 Å². The molecule has 1 aliphatic rings. The highest BCUT2D eigenvalue weighted by Gasteiger charge is 2.48. The van der Waals surface area contributed by atoms with Crippen LogP contribution < -0.4 is 0 Å². The van der Waals surface area contributed by atoms with Crippen LogP contribution in [-0.4, -0.2) is 59.6 Å². The van der Waals surface area contributed by atoms with Gasteiger partial charge in [-0.25, -0.2) is 0 Å². The third kappa shape index (κ3) is 5.14. The SMILES string of the molecule is CC(=O)OC[C@H]1O[C@@H](O)[C@@H](OC(C)=O)[C@@H](Cl)[C@@H]1OC(C)=O. The number of esters is 3. The molecule has 21 heavy (non-hydrogen) atoms. The second-order valence-corrected chi connectivity index (χ2v) is 4.96. The average Bonchev–Trinajstić information content (AvgIpc) is 2.35. The second-order valence-electron chi connectivity index (χ2n) is 4.46. The van der Waals surface area contributed by atoms with E-state index in [1.54, 1.807) is 0 Å². The average molecular weight is 325 g/mol. The molecule has 0 bridgehead atoms. The zero-order valence-electron chi connectivity index (χ0n) is 11.8. The van der Waals surface area contributed by atoms with E-state index in [4.69, 9.17) is 30.5 Å². The molecule has 0 saturated carbocycles. The van der Waals surface area contributed by atoms with Gasteiger partial charge in [-0.1, -0.05) is 0 Å². The number of alkyl halides is 1. The second kappa shape index (κ2) is 7.58. The van der Waals surface area contributed by atoms with E-state index in [2.05, 4.69) is 0 Å². The van der Waals surface area contributed by atoms with Crippen molar-refractivity contribution in [3.63, 3.8) is 0 Å². The molecule has 0 amide bonds. The van der Waals surface area contributed by atoms with Gasteiger partial charge in [0.1, 0.15) is 18.1 Å². The molecule has 0 spiro atoms. The molecule has 0 aromatic heterocycles. The summed E-state index contributed by atoms with van der Waals surface area (Å²) in [6, 6.07) is 0. The maximum atomic E-state index is 11.1. The van der Waals surface area contributed by atoms with Gasteiger partial charge in [0.15, 0.2) is 18.5 Å². The van der Waals surface area contributed by atoms with Crippen LogP contribution in [-0.2, 0) is 33.3 Å². The highest BCUT2D eigenvalue weighted by molar-refractivity contribution is 6.21. The Morgan fingerprint density at radius 2 is 1.57 bits per heavy atom. The highest BCUT2D eigenvalue weighted by Crippen LogP contribution is 2.29. The summed E-state index contributed by atoms with van der Waals surface area (Å²) in [5, 5.41) is 8.76. The monoisotopic (exact) mass is 324 g/mol. The van der Waals surface area contributed by atoms with Gasteiger partial charge in [0.2, 0.25) is 0 Å². The molecule has 0 aliphatic carbocycles. The molecule has 8 nitrogen and oxygen atoms in total. The van der Waals surface area contributed by atoms with Crippen molar-refractivity contribution in [2.75, 3.05) is 6.61 Å². The lowest BCUT2D eigenvalue weighted by molar-refractivity contribution is -0.260. The maximum Gasteiger partial charge on any atom is 0.303 e. The molecular formula is C12H17ClO8. The van der Waals surface area contributed by atoms with Gasteiger partial charge in [0, 0.05) is 20.8 Å². The summed E-state index contributed by atoms with van der Waals surface area (Å²) in [7, 11) is 0. The summed E-state index contributed by atoms with van der Waals surface area (Å²) in [6.45, 7) is 3.24. The molecule has 0 aromatic rings. The van der Waals surface area contributed by atoms with Gasteiger partial charge in [0.05, 0.1) is 0 Å². The van der Waals surface area contributed by atoms with Gasteiger partial charge in [-0.15, -0.1) is 11.6 Å². The number of halogens is 1. The summed E-state index contributed by atoms with van der Waals surface area (Å²) in [5.41, 5.74) is 0. The minimum absolute atomic E-state index is 0.264. The Hall–Kier alpha value is -1.38. The van der Waals surface area contributed by atoms with E-state index < -0.39 is 47.9 Å². The Morgan fingerprint density at radius 3 is 2.05 bits per heavy atom. The Bertz CT molecular complexity index is 410. The van der Waals surface area contributed by atoms with Crippen LogP contribution in [0.25, 0.3) is 0 Å². The van der Waals surface area contributed by atoms with Crippen LogP contribution in [0.4, 0.5) is 0 Å². The van der Waals surface area contributed by atoms with E-state index in [1.165, 1.54) is 13.8 Å². The number of rotatable bonds is 4. The fraction of sp³-hybridized carbons (Fsp3) is 0.750. The van der Waals surface area contributed by atoms with Crippen molar-refractivity contribution in [2.45, 2.75) is 50.8 Å². The smallest absolute Gasteiger partial charge is 0.303 e. The number of aliphatic hydroxyl groups excluding tert-OH is 1. The molecule has 9 heteroatoms. The molecule has 1 aliphatic heterocycles. The fourth-order valence-electron chi connectivity index (χ4n) is 1.86. The molecule has 1 heterocycles. The lowest BCUT2D eigenvalue weighted by Gasteiger charge is -2.40. The van der Waals surface area contributed by atoms with Crippen molar-refractivity contribution < 1.29 is 38.4 Å². The molecule has 1 N–H and O–H groups in total. The van der Waals surface area contributed by atoms with E-state index in [-0.39, 0.29) is 6.61 Å². The fourth-order valence-corrected chi connectivity index (χ4v) is 2.25. The summed E-state index contributed by atoms with van der Waals surface area (Å²) in [6.07, 6.45) is -4.75. The number of carbonyl (C=O) groups excluding carboxylic acids is 3. The molecular weight excluding hydrogens is 308 g/mol. The van der Waals surface area contributed by atoms with Crippen LogP contribution in [0.1, 0.15) is 20.8 Å². The number of hydrogen-bond acceptors (Lipinski definition) is 8. The van der Waals surface area contributed by atoms with Crippen molar-refractivity contribution in [1.82, 2.24) is 0 Å². The zero-order valence-corrected chi connectivity index (χ0v) is 12.5. The molecule has 0 radical (unpaired) electrons. The molecule has 5 atom stereocenters. The van der Waals surface area contributed by atoms with E-state index in [0.717, 1.165) is 6.92 Å². The van der Waals surface area contributed by atoms with E-state index in [0.29, 0.717) is 0 Å². The molecule has 0 aromatic carbocycles. The van der Waals surface area contributed by atoms with Gasteiger partial charge < -0.3 is 24.1 Å². The summed E-state index contributed by atoms with van der Waals surface area (Å²) in [4.78, 5) is 33.0. The third-order valence-electron chi connectivity index (χ3n) is 2.64. The van der Waals surface area contributed by atoms with E-state index >= 15 is 0 Å². The van der Waals surface area contributed by atoms with Crippen LogP contribution in [0.3, 0.4) is 0 Å². The van der Waals surface area contributed by atoms with Gasteiger partial charge >= 0.3 is 17.9 Å². The standard InChI is InChI=1S/C12H17ClO8/c1-5(14)18-4-8-10(19-6(2)15)9(13)11(12(17)21-8)20-7(3)16/h8-12,17H,4H2,1-3H3/t8-,9+,10-,11+,12-/m1/s1. The largest absolute Gasteiger partial charge is 0.463 e. The summed E-state index contributed by atoms with van der Waals surface area (Å²) >= 11 is 6.11. The highest BCUT2D eigenvalue weighted by atomic mass is 35.5. The molecule has 1 fully saturated rings. The van der Waals surface area contributed by atoms with Crippen molar-refractivity contribution in [1.29, 1.82) is 0 Å². The van der Waals surface area contributed by atoms with Crippen LogP contribution in [0.15, 0.2) is 0 Å². The summed E-state index contributed by atoms with van der Waals surface area (Å²) < 4.78 is 19.8. The topological polar surface area (TPSA) is 108 Å². The number of aliphatic hydroxyl groups is 1. The third-order valence-corrected chi connectivity index (χ3v) is 3.14. The van der Waals surface area contributed by atoms with Crippen LogP contribution in [0, 0.1) is 0 Å². The van der Waals surface area contributed by atoms with Gasteiger partial charge in [-0.05, 0) is 0 Å². The van der Waals surface area contributed by atoms with Gasteiger partial charge in [-0.2, -0.15) is 0 Å². The first-order chi connectivity index (χ1) is 9.72. The summed E-state index contributed by atoms with van der Waals surface area (Å²) in [5.74, 6) is -1.88. The predicted octanol–water partition coefficient (Wildman–Crippen LogP) is -0.263. The first-order valence-electron chi connectivity index (χ1n) is 6.17. The number of ether oxygens (including phenoxy) is 4. The Morgan fingerprint density at radius 1 is 1.05 bits per heavy atom. The first-order valence-corrected chi connectivity index (χ1v) is 6.61. The Kier molecular flexibility index (Phi) is 6.38. The normalized spacial score (nSPS) is 32.1. The van der Waals surface area contributed by atoms with E-state index in [1.807, 2.05) is 0 Å². The van der Waals surface area contributed by atoms with Gasteiger partial charge in [0.25, 0.3) is 0 Å². The minimum atomic E-state index is -1.52.